The molecule has 2 rings (SSSR count). The zero-order valence-corrected chi connectivity index (χ0v) is 11.2. The van der Waals surface area contributed by atoms with Crippen molar-refractivity contribution in [2.75, 3.05) is 7.11 Å². The molecule has 0 N–H and O–H groups in total. The van der Waals surface area contributed by atoms with Crippen LogP contribution in [0.5, 0.6) is 11.5 Å². The molecule has 0 fully saturated rings. The molecule has 0 atom stereocenters. The number of carbonyl (C=O) groups is 1. The van der Waals surface area contributed by atoms with Crippen LogP contribution in [0.2, 0.25) is 0 Å². The van der Waals surface area contributed by atoms with E-state index >= 15 is 0 Å². The summed E-state index contributed by atoms with van der Waals surface area (Å²) in [5.41, 5.74) is 1.67. The number of aliphatic carboxylic acids is 1. The van der Waals surface area contributed by atoms with Gasteiger partial charge in [-0.1, -0.05) is 36.4 Å². The van der Waals surface area contributed by atoms with E-state index in [2.05, 4.69) is 0 Å². The summed E-state index contributed by atoms with van der Waals surface area (Å²) in [6.07, 6.45) is -0.144. The summed E-state index contributed by atoms with van der Waals surface area (Å²) in [7, 11) is 1.52. The van der Waals surface area contributed by atoms with Gasteiger partial charge in [0.15, 0.2) is 11.5 Å². The lowest BCUT2D eigenvalue weighted by Gasteiger charge is -2.12. The van der Waals surface area contributed by atoms with E-state index < -0.39 is 5.97 Å². The van der Waals surface area contributed by atoms with Crippen molar-refractivity contribution in [3.8, 4) is 11.5 Å². The molecule has 20 heavy (non-hydrogen) atoms. The predicted octanol–water partition coefficient (Wildman–Crippen LogP) is 1.57. The van der Waals surface area contributed by atoms with Gasteiger partial charge in [0.2, 0.25) is 0 Å². The molecule has 0 bridgehead atoms. The van der Waals surface area contributed by atoms with Crippen LogP contribution in [0.1, 0.15) is 11.1 Å². The molecule has 0 aliphatic heterocycles. The number of rotatable bonds is 6. The second-order valence-electron chi connectivity index (χ2n) is 4.31. The fourth-order valence-corrected chi connectivity index (χ4v) is 1.84. The molecule has 0 aliphatic carbocycles. The minimum Gasteiger partial charge on any atom is -0.550 e. The molecule has 0 saturated heterocycles. The normalized spacial score (nSPS) is 10.1. The van der Waals surface area contributed by atoms with Gasteiger partial charge in [-0.3, -0.25) is 0 Å². The fraction of sp³-hybridized carbons (Fsp3) is 0.188. The molecule has 0 radical (unpaired) electrons. The van der Waals surface area contributed by atoms with E-state index in [1.807, 2.05) is 30.3 Å². The number of hydrogen-bond acceptors (Lipinski definition) is 4. The SMILES string of the molecule is COc1cc(CC(=O)[O-])ccc1OCc1ccccc1. The van der Waals surface area contributed by atoms with Crippen LogP contribution >= 0.6 is 0 Å². The summed E-state index contributed by atoms with van der Waals surface area (Å²) >= 11 is 0. The number of benzene rings is 2. The van der Waals surface area contributed by atoms with Gasteiger partial charge in [-0.05, 0) is 23.3 Å². The second-order valence-corrected chi connectivity index (χ2v) is 4.31. The summed E-state index contributed by atoms with van der Waals surface area (Å²) in [6.45, 7) is 0.428. The Morgan fingerprint density at radius 2 is 1.80 bits per heavy atom. The average Bonchev–Trinajstić information content (AvgIpc) is 2.46. The van der Waals surface area contributed by atoms with E-state index in [1.54, 1.807) is 18.2 Å². The molecule has 0 spiro atoms. The van der Waals surface area contributed by atoms with Crippen molar-refractivity contribution in [2.24, 2.45) is 0 Å². The summed E-state index contributed by atoms with van der Waals surface area (Å²) in [5.74, 6) is -0.0249. The van der Waals surface area contributed by atoms with Crippen molar-refractivity contribution in [2.45, 2.75) is 13.0 Å². The molecule has 4 nitrogen and oxygen atoms in total. The molecule has 0 heterocycles. The molecule has 104 valence electrons. The second kappa shape index (κ2) is 6.61. The minimum atomic E-state index is -1.12. The van der Waals surface area contributed by atoms with Crippen LogP contribution in [0.4, 0.5) is 0 Å². The lowest BCUT2D eigenvalue weighted by Crippen LogP contribution is -2.24. The minimum absolute atomic E-state index is 0.144. The van der Waals surface area contributed by atoms with Gasteiger partial charge >= 0.3 is 0 Å². The highest BCUT2D eigenvalue weighted by molar-refractivity contribution is 5.68. The number of methoxy groups -OCH3 is 1. The summed E-state index contributed by atoms with van der Waals surface area (Å²) in [5, 5.41) is 10.6. The lowest BCUT2D eigenvalue weighted by atomic mass is 10.1. The summed E-state index contributed by atoms with van der Waals surface area (Å²) in [4.78, 5) is 10.6. The van der Waals surface area contributed by atoms with Gasteiger partial charge in [-0.2, -0.15) is 0 Å². The van der Waals surface area contributed by atoms with Gasteiger partial charge in [0, 0.05) is 12.4 Å². The van der Waals surface area contributed by atoms with Crippen molar-refractivity contribution in [1.82, 2.24) is 0 Å². The highest BCUT2D eigenvalue weighted by Gasteiger charge is 2.06. The van der Waals surface area contributed by atoms with Crippen LogP contribution < -0.4 is 14.6 Å². The zero-order chi connectivity index (χ0) is 14.4. The van der Waals surface area contributed by atoms with Crippen LogP contribution in [-0.2, 0) is 17.8 Å². The molecule has 0 unspecified atom stereocenters. The van der Waals surface area contributed by atoms with E-state index in [1.165, 1.54) is 7.11 Å². The first-order chi connectivity index (χ1) is 9.69. The van der Waals surface area contributed by atoms with Crippen molar-refractivity contribution in [3.05, 3.63) is 59.7 Å². The van der Waals surface area contributed by atoms with Gasteiger partial charge in [0.25, 0.3) is 0 Å². The molecule has 2 aromatic rings. The molecule has 2 aromatic carbocycles. The van der Waals surface area contributed by atoms with Gasteiger partial charge in [-0.25, -0.2) is 0 Å². The van der Waals surface area contributed by atoms with Gasteiger partial charge in [0.1, 0.15) is 6.61 Å². The Labute approximate surface area is 117 Å². The third kappa shape index (κ3) is 3.75. The van der Waals surface area contributed by atoms with Crippen LogP contribution in [0.15, 0.2) is 48.5 Å². The van der Waals surface area contributed by atoms with Crippen LogP contribution in [0.3, 0.4) is 0 Å². The van der Waals surface area contributed by atoms with E-state index in [0.717, 1.165) is 5.56 Å². The van der Waals surface area contributed by atoms with Crippen molar-refractivity contribution in [1.29, 1.82) is 0 Å². The van der Waals surface area contributed by atoms with Gasteiger partial charge in [0.05, 0.1) is 7.11 Å². The molecule has 0 amide bonds. The average molecular weight is 271 g/mol. The molecule has 0 aliphatic rings. The Bertz CT molecular complexity index is 578. The van der Waals surface area contributed by atoms with Gasteiger partial charge < -0.3 is 19.4 Å². The smallest absolute Gasteiger partial charge is 0.161 e. The Balaban J connectivity index is 2.09. The van der Waals surface area contributed by atoms with Crippen LogP contribution in [-0.4, -0.2) is 13.1 Å². The number of carboxylic acids is 1. The quantitative estimate of drug-likeness (QED) is 0.800. The standard InChI is InChI=1S/C16H16O4/c1-19-15-9-13(10-16(17)18)7-8-14(15)20-11-12-5-3-2-4-6-12/h2-9H,10-11H2,1H3,(H,17,18)/p-1. The molecular formula is C16H15O4-. The maximum atomic E-state index is 10.6. The highest BCUT2D eigenvalue weighted by Crippen LogP contribution is 2.28. The Kier molecular flexibility index (Phi) is 4.60. The Hall–Kier alpha value is -2.49. The van der Waals surface area contributed by atoms with Crippen molar-refractivity contribution in [3.63, 3.8) is 0 Å². The van der Waals surface area contributed by atoms with Crippen LogP contribution in [0, 0.1) is 0 Å². The Morgan fingerprint density at radius 3 is 2.45 bits per heavy atom. The molecule has 0 saturated carbocycles. The first kappa shape index (κ1) is 13.9. The maximum Gasteiger partial charge on any atom is 0.161 e. The largest absolute Gasteiger partial charge is 0.550 e. The number of hydrogen-bond donors (Lipinski definition) is 0. The van der Waals surface area contributed by atoms with E-state index in [4.69, 9.17) is 9.47 Å². The van der Waals surface area contributed by atoms with E-state index in [9.17, 15) is 9.90 Å². The van der Waals surface area contributed by atoms with E-state index in [-0.39, 0.29) is 6.42 Å². The van der Waals surface area contributed by atoms with Gasteiger partial charge in [-0.15, -0.1) is 0 Å². The number of carbonyl (C=O) groups excluding carboxylic acids is 1. The lowest BCUT2D eigenvalue weighted by molar-refractivity contribution is -0.304. The van der Waals surface area contributed by atoms with Crippen LogP contribution in [0.25, 0.3) is 0 Å². The van der Waals surface area contributed by atoms with E-state index in [0.29, 0.717) is 23.7 Å². The highest BCUT2D eigenvalue weighted by atomic mass is 16.5. The zero-order valence-electron chi connectivity index (χ0n) is 11.2. The Morgan fingerprint density at radius 1 is 1.05 bits per heavy atom. The summed E-state index contributed by atoms with van der Waals surface area (Å²) in [6, 6.07) is 14.8. The molecule has 0 aromatic heterocycles. The summed E-state index contributed by atoms with van der Waals surface area (Å²) < 4.78 is 10.9. The maximum absolute atomic E-state index is 10.6. The third-order valence-corrected chi connectivity index (χ3v) is 2.81. The number of ether oxygens (including phenoxy) is 2. The first-order valence-corrected chi connectivity index (χ1v) is 6.22. The third-order valence-electron chi connectivity index (χ3n) is 2.81. The number of carboxylic acid groups (broad SMARTS) is 1. The van der Waals surface area contributed by atoms with Crippen molar-refractivity contribution < 1.29 is 19.4 Å². The molecular weight excluding hydrogens is 256 g/mol. The van der Waals surface area contributed by atoms with Crippen molar-refractivity contribution >= 4 is 5.97 Å². The fourth-order valence-electron chi connectivity index (χ4n) is 1.84. The predicted molar refractivity (Wildman–Crippen MR) is 72.5 cm³/mol. The topological polar surface area (TPSA) is 58.6 Å². The monoisotopic (exact) mass is 271 g/mol. The molecule has 4 heteroatoms. The first-order valence-electron chi connectivity index (χ1n) is 6.22.